The van der Waals surface area contributed by atoms with E-state index < -0.39 is 8.38 Å². The molecule has 2 aromatic carbocycles. The third kappa shape index (κ3) is 5.03. The van der Waals surface area contributed by atoms with Crippen LogP contribution in [0.3, 0.4) is 0 Å². The second-order valence-corrected chi connectivity index (χ2v) is 6.12. The molecule has 0 saturated carbocycles. The van der Waals surface area contributed by atoms with Gasteiger partial charge in [-0.15, -0.1) is 12.4 Å². The normalized spacial score (nSPS) is 10.0. The van der Waals surface area contributed by atoms with Crippen molar-refractivity contribution in [3.63, 3.8) is 0 Å². The lowest BCUT2D eigenvalue weighted by atomic mass is 10.2. The van der Waals surface area contributed by atoms with Gasteiger partial charge in [0.1, 0.15) is 11.5 Å². The summed E-state index contributed by atoms with van der Waals surface area (Å²) in [7, 11) is -0.930. The maximum absolute atomic E-state index is 5.90. The highest BCUT2D eigenvalue weighted by Gasteiger charge is 2.11. The van der Waals surface area contributed by atoms with Crippen LogP contribution >= 0.6 is 20.8 Å². The molecule has 0 heterocycles. The fourth-order valence-electron chi connectivity index (χ4n) is 1.58. The van der Waals surface area contributed by atoms with Crippen LogP contribution in [0.15, 0.2) is 48.5 Å². The van der Waals surface area contributed by atoms with Crippen molar-refractivity contribution in [3.05, 3.63) is 59.7 Å². The number of rotatable bonds is 5. The topological polar surface area (TPSA) is 18.5 Å². The van der Waals surface area contributed by atoms with Crippen molar-refractivity contribution in [1.29, 1.82) is 0 Å². The Balaban J connectivity index is 0.00000200. The molecule has 0 radical (unpaired) electrons. The molecule has 0 fully saturated rings. The van der Waals surface area contributed by atoms with Gasteiger partial charge in [-0.3, -0.25) is 0 Å². The molecule has 0 atom stereocenters. The molecular weight excluding hydrogens is 291 g/mol. The summed E-state index contributed by atoms with van der Waals surface area (Å²) in [4.78, 5) is 0. The Morgan fingerprint density at radius 3 is 1.40 bits per heavy atom. The molecule has 0 spiro atoms. The standard InChI is InChI=1S/C16H19O2P.ClH/c1-4-19(17-15-9-5-13(2)6-10-15)18-16-11-7-14(3)8-12-16;/h5-12H,4H2,1-3H3;1H. The summed E-state index contributed by atoms with van der Waals surface area (Å²) < 4.78 is 11.8. The molecule has 2 nitrogen and oxygen atoms in total. The summed E-state index contributed by atoms with van der Waals surface area (Å²) in [5, 5.41) is 0. The van der Waals surface area contributed by atoms with Crippen LogP contribution in [0.4, 0.5) is 0 Å². The Morgan fingerprint density at radius 1 is 0.750 bits per heavy atom. The highest BCUT2D eigenvalue weighted by molar-refractivity contribution is 7.48. The van der Waals surface area contributed by atoms with Crippen molar-refractivity contribution in [2.75, 3.05) is 6.16 Å². The van der Waals surface area contributed by atoms with Gasteiger partial charge in [-0.2, -0.15) is 0 Å². The molecule has 0 unspecified atom stereocenters. The molecule has 0 aromatic heterocycles. The predicted molar refractivity (Wildman–Crippen MR) is 88.3 cm³/mol. The second kappa shape index (κ2) is 8.14. The predicted octanol–water partition coefficient (Wildman–Crippen LogP) is 5.51. The molecule has 2 rings (SSSR count). The van der Waals surface area contributed by atoms with E-state index >= 15 is 0 Å². The molecule has 0 bridgehead atoms. The zero-order valence-corrected chi connectivity index (χ0v) is 13.7. The second-order valence-electron chi connectivity index (χ2n) is 4.46. The largest absolute Gasteiger partial charge is 0.439 e. The van der Waals surface area contributed by atoms with Crippen molar-refractivity contribution in [2.24, 2.45) is 0 Å². The van der Waals surface area contributed by atoms with Crippen LogP contribution in [0, 0.1) is 13.8 Å². The molecule has 4 heteroatoms. The minimum atomic E-state index is -0.930. The monoisotopic (exact) mass is 310 g/mol. The molecule has 0 amide bonds. The summed E-state index contributed by atoms with van der Waals surface area (Å²) in [5.41, 5.74) is 2.46. The molecule has 0 aliphatic carbocycles. The van der Waals surface area contributed by atoms with Gasteiger partial charge in [0.25, 0.3) is 8.38 Å². The van der Waals surface area contributed by atoms with Crippen molar-refractivity contribution in [2.45, 2.75) is 20.8 Å². The van der Waals surface area contributed by atoms with Crippen LogP contribution in [-0.2, 0) is 0 Å². The Hall–Kier alpha value is -1.24. The van der Waals surface area contributed by atoms with Crippen LogP contribution in [-0.4, -0.2) is 6.16 Å². The van der Waals surface area contributed by atoms with Gasteiger partial charge in [0, 0.05) is 6.16 Å². The van der Waals surface area contributed by atoms with Crippen molar-refractivity contribution in [3.8, 4) is 11.5 Å². The van der Waals surface area contributed by atoms with Crippen molar-refractivity contribution >= 4 is 20.8 Å². The molecule has 0 saturated heterocycles. The van der Waals surface area contributed by atoms with Crippen LogP contribution in [0.1, 0.15) is 18.1 Å². The van der Waals surface area contributed by atoms with E-state index in [1.54, 1.807) is 0 Å². The van der Waals surface area contributed by atoms with E-state index in [1.807, 2.05) is 48.5 Å². The third-order valence-electron chi connectivity index (χ3n) is 2.71. The quantitative estimate of drug-likeness (QED) is 0.677. The lowest BCUT2D eigenvalue weighted by molar-refractivity contribution is 0.491. The Morgan fingerprint density at radius 2 is 1.10 bits per heavy atom. The van der Waals surface area contributed by atoms with Gasteiger partial charge in [-0.1, -0.05) is 42.3 Å². The van der Waals surface area contributed by atoms with Gasteiger partial charge in [0.05, 0.1) is 0 Å². The lowest BCUT2D eigenvalue weighted by Gasteiger charge is -2.17. The van der Waals surface area contributed by atoms with Crippen LogP contribution in [0.25, 0.3) is 0 Å². The molecule has 0 N–H and O–H groups in total. The number of benzene rings is 2. The zero-order valence-electron chi connectivity index (χ0n) is 12.0. The lowest BCUT2D eigenvalue weighted by Crippen LogP contribution is -1.97. The van der Waals surface area contributed by atoms with Gasteiger partial charge >= 0.3 is 0 Å². The van der Waals surface area contributed by atoms with E-state index in [2.05, 4.69) is 20.8 Å². The first-order chi connectivity index (χ1) is 9.17. The molecule has 0 aliphatic rings. The van der Waals surface area contributed by atoms with E-state index in [0.717, 1.165) is 17.7 Å². The fourth-order valence-corrected chi connectivity index (χ4v) is 2.59. The molecular formula is C16H20ClO2P. The first-order valence-corrected chi connectivity index (χ1v) is 7.80. The molecule has 108 valence electrons. The maximum atomic E-state index is 5.90. The number of halogens is 1. The van der Waals surface area contributed by atoms with E-state index in [-0.39, 0.29) is 12.4 Å². The summed E-state index contributed by atoms with van der Waals surface area (Å²) in [5.74, 6) is 1.73. The third-order valence-corrected chi connectivity index (χ3v) is 4.06. The Bertz CT molecular complexity index is 464. The minimum absolute atomic E-state index is 0. The highest BCUT2D eigenvalue weighted by atomic mass is 35.5. The maximum Gasteiger partial charge on any atom is 0.290 e. The Labute approximate surface area is 128 Å². The summed E-state index contributed by atoms with van der Waals surface area (Å²) in [6, 6.07) is 16.1. The summed E-state index contributed by atoms with van der Waals surface area (Å²) in [6.07, 6.45) is 0.858. The number of hydrogen-bond acceptors (Lipinski definition) is 2. The summed E-state index contributed by atoms with van der Waals surface area (Å²) >= 11 is 0. The van der Waals surface area contributed by atoms with E-state index in [0.29, 0.717) is 0 Å². The van der Waals surface area contributed by atoms with Gasteiger partial charge in [0.2, 0.25) is 0 Å². The van der Waals surface area contributed by atoms with E-state index in [9.17, 15) is 0 Å². The van der Waals surface area contributed by atoms with Crippen LogP contribution in [0.2, 0.25) is 0 Å². The van der Waals surface area contributed by atoms with E-state index in [4.69, 9.17) is 9.05 Å². The SMILES string of the molecule is CCP(Oc1ccc(C)cc1)Oc1ccc(C)cc1.Cl. The highest BCUT2D eigenvalue weighted by Crippen LogP contribution is 2.39. The molecule has 2 aromatic rings. The van der Waals surface area contributed by atoms with Crippen molar-refractivity contribution < 1.29 is 9.05 Å². The first-order valence-electron chi connectivity index (χ1n) is 6.44. The van der Waals surface area contributed by atoms with Gasteiger partial charge in [0.15, 0.2) is 0 Å². The average molecular weight is 311 g/mol. The van der Waals surface area contributed by atoms with Crippen LogP contribution in [0.5, 0.6) is 11.5 Å². The van der Waals surface area contributed by atoms with Crippen molar-refractivity contribution in [1.82, 2.24) is 0 Å². The average Bonchev–Trinajstić information content (AvgIpc) is 2.43. The minimum Gasteiger partial charge on any atom is -0.439 e. The zero-order chi connectivity index (χ0) is 13.7. The number of aryl methyl sites for hydroxylation is 2. The van der Waals surface area contributed by atoms with Gasteiger partial charge in [-0.05, 0) is 38.1 Å². The Kier molecular flexibility index (Phi) is 6.84. The number of hydrogen-bond donors (Lipinski definition) is 0. The van der Waals surface area contributed by atoms with Gasteiger partial charge in [-0.25, -0.2) is 0 Å². The summed E-state index contributed by atoms with van der Waals surface area (Å²) in [6.45, 7) is 6.21. The first kappa shape index (κ1) is 16.8. The van der Waals surface area contributed by atoms with Gasteiger partial charge < -0.3 is 9.05 Å². The smallest absolute Gasteiger partial charge is 0.290 e. The molecule has 20 heavy (non-hydrogen) atoms. The fraction of sp³-hybridized carbons (Fsp3) is 0.250. The van der Waals surface area contributed by atoms with E-state index in [1.165, 1.54) is 11.1 Å². The van der Waals surface area contributed by atoms with Crippen LogP contribution < -0.4 is 9.05 Å². The molecule has 0 aliphatic heterocycles.